The molecule has 0 radical (unpaired) electrons. The van der Waals surface area contributed by atoms with Gasteiger partial charge in [0, 0.05) is 33.2 Å². The highest BCUT2D eigenvalue weighted by molar-refractivity contribution is 5.94. The van der Waals surface area contributed by atoms with Gasteiger partial charge in [-0.15, -0.1) is 0 Å². The molecule has 1 aromatic carbocycles. The Morgan fingerprint density at radius 1 is 1.40 bits per heavy atom. The summed E-state index contributed by atoms with van der Waals surface area (Å²) in [5.74, 6) is -0.599. The number of halogens is 1. The van der Waals surface area contributed by atoms with E-state index < -0.39 is 0 Å². The molecule has 0 spiro atoms. The number of amides is 3. The molecule has 1 aliphatic rings. The zero-order valence-corrected chi connectivity index (χ0v) is 14.1. The summed E-state index contributed by atoms with van der Waals surface area (Å²) in [6.07, 6.45) is 1.26. The Morgan fingerprint density at radius 3 is 2.92 bits per heavy atom. The maximum absolute atomic E-state index is 13.3. The second-order valence-corrected chi connectivity index (χ2v) is 5.82. The summed E-state index contributed by atoms with van der Waals surface area (Å²) in [7, 11) is 1.67. The van der Waals surface area contributed by atoms with Crippen molar-refractivity contribution < 1.29 is 18.4 Å². The van der Waals surface area contributed by atoms with Crippen LogP contribution < -0.4 is 4.90 Å². The molecule has 25 heavy (non-hydrogen) atoms. The first-order valence-electron chi connectivity index (χ1n) is 8.01. The van der Waals surface area contributed by atoms with E-state index in [9.17, 15) is 14.0 Å². The van der Waals surface area contributed by atoms with Gasteiger partial charge in [-0.1, -0.05) is 12.1 Å². The molecule has 8 heteroatoms. The molecule has 0 unspecified atom stereocenters. The second-order valence-electron chi connectivity index (χ2n) is 5.82. The third-order valence-electron chi connectivity index (χ3n) is 4.12. The second kappa shape index (κ2) is 6.92. The lowest BCUT2D eigenvalue weighted by Gasteiger charge is -2.16. The van der Waals surface area contributed by atoms with Crippen molar-refractivity contribution in [2.24, 2.45) is 0 Å². The number of hydrogen-bond donors (Lipinski definition) is 0. The largest absolute Gasteiger partial charge is 0.431 e. The smallest absolute Gasteiger partial charge is 0.328 e. The van der Waals surface area contributed by atoms with Gasteiger partial charge in [-0.2, -0.15) is 4.98 Å². The van der Waals surface area contributed by atoms with Crippen molar-refractivity contribution >= 4 is 18.0 Å². The Balaban J connectivity index is 1.70. The lowest BCUT2D eigenvalue weighted by atomic mass is 10.2. The standard InChI is InChI=1S/C17H19FN4O3/c1-3-20(2)15(23)14-11-25-16(19-14)22-8-7-21(17(22)24)10-12-5-4-6-13(18)9-12/h4-6,9,11H,3,7-8,10H2,1-2H3. The van der Waals surface area contributed by atoms with Gasteiger partial charge in [-0.25, -0.2) is 14.1 Å². The third-order valence-corrected chi connectivity index (χ3v) is 4.12. The summed E-state index contributed by atoms with van der Waals surface area (Å²) >= 11 is 0. The van der Waals surface area contributed by atoms with Gasteiger partial charge in [0.15, 0.2) is 5.69 Å². The molecule has 2 aromatic rings. The van der Waals surface area contributed by atoms with Crippen LogP contribution in [-0.4, -0.2) is 53.4 Å². The number of rotatable bonds is 5. The lowest BCUT2D eigenvalue weighted by Crippen LogP contribution is -2.32. The molecule has 1 saturated heterocycles. The van der Waals surface area contributed by atoms with Crippen molar-refractivity contribution in [2.75, 3.05) is 31.6 Å². The predicted octanol–water partition coefficient (Wildman–Crippen LogP) is 2.35. The van der Waals surface area contributed by atoms with Gasteiger partial charge >= 0.3 is 12.0 Å². The van der Waals surface area contributed by atoms with E-state index in [2.05, 4.69) is 4.98 Å². The third kappa shape index (κ3) is 3.47. The first-order chi connectivity index (χ1) is 12.0. The maximum atomic E-state index is 13.3. The summed E-state index contributed by atoms with van der Waals surface area (Å²) in [6.45, 7) is 3.57. The highest BCUT2D eigenvalue weighted by Gasteiger charge is 2.33. The average molecular weight is 346 g/mol. The molecule has 3 rings (SSSR count). The molecular formula is C17H19FN4O3. The van der Waals surface area contributed by atoms with Gasteiger partial charge in [0.2, 0.25) is 0 Å². The first kappa shape index (κ1) is 16.9. The van der Waals surface area contributed by atoms with Crippen molar-refractivity contribution in [3.8, 4) is 0 Å². The number of oxazole rings is 1. The molecule has 1 aliphatic heterocycles. The fourth-order valence-corrected chi connectivity index (χ4v) is 2.59. The van der Waals surface area contributed by atoms with Crippen molar-refractivity contribution in [2.45, 2.75) is 13.5 Å². The molecule has 0 aliphatic carbocycles. The van der Waals surface area contributed by atoms with Crippen LogP contribution >= 0.6 is 0 Å². The van der Waals surface area contributed by atoms with Crippen molar-refractivity contribution in [1.29, 1.82) is 0 Å². The van der Waals surface area contributed by atoms with Gasteiger partial charge in [0.05, 0.1) is 0 Å². The van der Waals surface area contributed by atoms with E-state index in [0.717, 1.165) is 0 Å². The van der Waals surface area contributed by atoms with Crippen molar-refractivity contribution in [3.05, 3.63) is 47.6 Å². The van der Waals surface area contributed by atoms with E-state index in [1.807, 2.05) is 6.92 Å². The van der Waals surface area contributed by atoms with E-state index in [-0.39, 0.29) is 29.5 Å². The van der Waals surface area contributed by atoms with E-state index in [1.54, 1.807) is 24.1 Å². The van der Waals surface area contributed by atoms with Gasteiger partial charge in [0.1, 0.15) is 12.1 Å². The summed E-state index contributed by atoms with van der Waals surface area (Å²) in [5, 5.41) is 0. The Morgan fingerprint density at radius 2 is 2.20 bits per heavy atom. The number of benzene rings is 1. The monoisotopic (exact) mass is 346 g/mol. The quantitative estimate of drug-likeness (QED) is 0.833. The number of nitrogens with zero attached hydrogens (tertiary/aromatic N) is 4. The molecule has 2 heterocycles. The van der Waals surface area contributed by atoms with E-state index in [0.29, 0.717) is 31.7 Å². The van der Waals surface area contributed by atoms with E-state index in [4.69, 9.17) is 4.42 Å². The summed E-state index contributed by atoms with van der Waals surface area (Å²) in [4.78, 5) is 33.2. The summed E-state index contributed by atoms with van der Waals surface area (Å²) in [6, 6.07) is 5.95. The fraction of sp³-hybridized carbons (Fsp3) is 0.353. The zero-order valence-electron chi connectivity index (χ0n) is 14.1. The van der Waals surface area contributed by atoms with Gasteiger partial charge < -0.3 is 14.2 Å². The lowest BCUT2D eigenvalue weighted by molar-refractivity contribution is 0.0796. The van der Waals surface area contributed by atoms with Crippen molar-refractivity contribution in [3.63, 3.8) is 0 Å². The van der Waals surface area contributed by atoms with Crippen LogP contribution in [0.5, 0.6) is 0 Å². The Kier molecular flexibility index (Phi) is 4.69. The molecule has 1 fully saturated rings. The van der Waals surface area contributed by atoms with Gasteiger partial charge in [0.25, 0.3) is 5.91 Å². The molecule has 7 nitrogen and oxygen atoms in total. The van der Waals surface area contributed by atoms with Crippen LogP contribution in [0.25, 0.3) is 0 Å². The van der Waals surface area contributed by atoms with Crippen LogP contribution in [-0.2, 0) is 6.54 Å². The van der Waals surface area contributed by atoms with Crippen LogP contribution in [0.1, 0.15) is 23.0 Å². The highest BCUT2D eigenvalue weighted by atomic mass is 19.1. The van der Waals surface area contributed by atoms with Gasteiger partial charge in [-0.3, -0.25) is 4.79 Å². The number of carbonyl (C=O) groups is 2. The minimum atomic E-state index is -0.336. The van der Waals surface area contributed by atoms with Crippen LogP contribution in [0.15, 0.2) is 34.9 Å². The topological polar surface area (TPSA) is 69.9 Å². The summed E-state index contributed by atoms with van der Waals surface area (Å²) < 4.78 is 18.6. The number of aromatic nitrogens is 1. The van der Waals surface area contributed by atoms with Crippen LogP contribution in [0.3, 0.4) is 0 Å². The average Bonchev–Trinajstić information content (AvgIpc) is 3.21. The Hall–Kier alpha value is -2.90. The molecule has 0 atom stereocenters. The number of urea groups is 1. The maximum Gasteiger partial charge on any atom is 0.328 e. The summed E-state index contributed by atoms with van der Waals surface area (Å²) in [5.41, 5.74) is 0.874. The molecule has 3 amide bonds. The van der Waals surface area contributed by atoms with Crippen LogP contribution in [0, 0.1) is 5.82 Å². The predicted molar refractivity (Wildman–Crippen MR) is 88.7 cm³/mol. The molecule has 0 bridgehead atoms. The number of hydrogen-bond acceptors (Lipinski definition) is 4. The minimum absolute atomic E-state index is 0.0968. The molecule has 1 aromatic heterocycles. The molecular weight excluding hydrogens is 327 g/mol. The number of anilines is 1. The van der Waals surface area contributed by atoms with E-state index in [1.165, 1.54) is 28.2 Å². The minimum Gasteiger partial charge on any atom is -0.431 e. The molecule has 132 valence electrons. The fourth-order valence-electron chi connectivity index (χ4n) is 2.59. The first-order valence-corrected chi connectivity index (χ1v) is 8.01. The van der Waals surface area contributed by atoms with Crippen molar-refractivity contribution in [1.82, 2.24) is 14.8 Å². The highest BCUT2D eigenvalue weighted by Crippen LogP contribution is 2.21. The molecule has 0 N–H and O–H groups in total. The molecule has 0 saturated carbocycles. The van der Waals surface area contributed by atoms with Crippen LogP contribution in [0.2, 0.25) is 0 Å². The zero-order chi connectivity index (χ0) is 18.0. The van der Waals surface area contributed by atoms with Gasteiger partial charge in [-0.05, 0) is 24.6 Å². The number of carbonyl (C=O) groups excluding carboxylic acids is 2. The van der Waals surface area contributed by atoms with E-state index >= 15 is 0 Å². The normalized spacial score (nSPS) is 14.3. The Labute approximate surface area is 144 Å². The van der Waals surface area contributed by atoms with Crippen LogP contribution in [0.4, 0.5) is 15.2 Å². The SMILES string of the molecule is CCN(C)C(=O)c1coc(N2CCN(Cc3cccc(F)c3)C2=O)n1. The Bertz CT molecular complexity index is 792.